The summed E-state index contributed by atoms with van der Waals surface area (Å²) in [5, 5.41) is 0.638. The second kappa shape index (κ2) is 8.33. The van der Waals surface area contributed by atoms with Gasteiger partial charge in [-0.3, -0.25) is 4.79 Å². The molecule has 0 aromatic heterocycles. The smallest absolute Gasteiger partial charge is 0.247 e. The molecule has 2 aliphatic rings. The van der Waals surface area contributed by atoms with Crippen molar-refractivity contribution in [1.29, 1.82) is 0 Å². The van der Waals surface area contributed by atoms with E-state index < -0.39 is 15.4 Å². The molecule has 1 saturated heterocycles. The molecule has 0 spiro atoms. The minimum absolute atomic E-state index is 0.0610. The van der Waals surface area contributed by atoms with E-state index in [0.717, 1.165) is 18.4 Å². The number of sulfonamides is 1. The van der Waals surface area contributed by atoms with Crippen LogP contribution in [0, 0.1) is 0 Å². The van der Waals surface area contributed by atoms with Crippen LogP contribution in [0.3, 0.4) is 0 Å². The van der Waals surface area contributed by atoms with E-state index in [0.29, 0.717) is 23.9 Å². The van der Waals surface area contributed by atoms with Gasteiger partial charge in [0.25, 0.3) is 0 Å². The molecule has 0 radical (unpaired) electrons. The Hall–Kier alpha value is -2.29. The van der Waals surface area contributed by atoms with Gasteiger partial charge >= 0.3 is 0 Å². The second-order valence-corrected chi connectivity index (χ2v) is 10.1. The average Bonchev–Trinajstić information content (AvgIpc) is 3.60. The van der Waals surface area contributed by atoms with Gasteiger partial charge in [-0.15, -0.1) is 0 Å². The van der Waals surface area contributed by atoms with Crippen molar-refractivity contribution in [2.24, 2.45) is 0 Å². The van der Waals surface area contributed by atoms with Crippen LogP contribution in [-0.4, -0.2) is 63.9 Å². The number of rotatable bonds is 6. The van der Waals surface area contributed by atoms with Crippen molar-refractivity contribution in [2.75, 3.05) is 40.4 Å². The Labute approximate surface area is 187 Å². The molecule has 1 saturated carbocycles. The molecular weight excluding hydrogens is 440 g/mol. The highest BCUT2D eigenvalue weighted by Gasteiger charge is 2.53. The first-order chi connectivity index (χ1) is 14.8. The van der Waals surface area contributed by atoms with E-state index in [4.69, 9.17) is 21.1 Å². The molecule has 166 valence electrons. The molecule has 1 aliphatic heterocycles. The van der Waals surface area contributed by atoms with Gasteiger partial charge in [-0.1, -0.05) is 23.7 Å². The molecule has 2 aromatic carbocycles. The Morgan fingerprint density at radius 1 is 0.968 bits per heavy atom. The lowest BCUT2D eigenvalue weighted by atomic mass is 9.94. The summed E-state index contributed by atoms with van der Waals surface area (Å²) >= 11 is 5.99. The fraction of sp³-hybridized carbons (Fsp3) is 0.409. The fourth-order valence-electron chi connectivity index (χ4n) is 4.08. The summed E-state index contributed by atoms with van der Waals surface area (Å²) in [5.41, 5.74) is 0.472. The summed E-state index contributed by atoms with van der Waals surface area (Å²) in [5.74, 6) is 0.761. The molecule has 0 unspecified atom stereocenters. The monoisotopic (exact) mass is 464 g/mol. The number of halogens is 1. The highest BCUT2D eigenvalue weighted by molar-refractivity contribution is 7.89. The van der Waals surface area contributed by atoms with Crippen molar-refractivity contribution in [3.05, 3.63) is 53.1 Å². The molecule has 4 rings (SSSR count). The third kappa shape index (κ3) is 4.00. The van der Waals surface area contributed by atoms with Crippen LogP contribution in [0.4, 0.5) is 0 Å². The summed E-state index contributed by atoms with van der Waals surface area (Å²) in [6.45, 7) is 1.15. The molecule has 9 heteroatoms. The highest BCUT2D eigenvalue weighted by Crippen LogP contribution is 2.50. The van der Waals surface area contributed by atoms with Crippen molar-refractivity contribution in [1.82, 2.24) is 9.21 Å². The van der Waals surface area contributed by atoms with Gasteiger partial charge in [-0.05, 0) is 42.7 Å². The molecule has 7 nitrogen and oxygen atoms in total. The minimum atomic E-state index is -3.79. The zero-order chi connectivity index (χ0) is 22.2. The summed E-state index contributed by atoms with van der Waals surface area (Å²) < 4.78 is 38.3. The normalized spacial score (nSPS) is 18.5. The first-order valence-corrected chi connectivity index (χ1v) is 11.9. The maximum absolute atomic E-state index is 13.3. The van der Waals surface area contributed by atoms with Gasteiger partial charge in [-0.25, -0.2) is 8.42 Å². The van der Waals surface area contributed by atoms with E-state index in [1.54, 1.807) is 29.2 Å². The lowest BCUT2D eigenvalue weighted by Crippen LogP contribution is -2.52. The predicted molar refractivity (Wildman–Crippen MR) is 117 cm³/mol. The molecule has 0 bridgehead atoms. The number of ether oxygens (including phenoxy) is 2. The number of benzene rings is 2. The third-order valence-electron chi connectivity index (χ3n) is 6.07. The SMILES string of the molecule is COc1ccc(OC)c(S(=O)(=O)N2CCN(C(=O)C3(c4ccc(Cl)cc4)CC3)CC2)c1. The van der Waals surface area contributed by atoms with Crippen LogP contribution in [0.5, 0.6) is 11.5 Å². The Morgan fingerprint density at radius 3 is 2.16 bits per heavy atom. The van der Waals surface area contributed by atoms with E-state index in [1.807, 2.05) is 12.1 Å². The molecule has 0 atom stereocenters. The topological polar surface area (TPSA) is 76.2 Å². The van der Waals surface area contributed by atoms with Gasteiger partial charge in [0.1, 0.15) is 16.4 Å². The van der Waals surface area contributed by atoms with Crippen LogP contribution in [0.2, 0.25) is 5.02 Å². The zero-order valence-electron chi connectivity index (χ0n) is 17.5. The number of carbonyl (C=O) groups is 1. The van der Waals surface area contributed by atoms with Crippen LogP contribution in [0.1, 0.15) is 18.4 Å². The van der Waals surface area contributed by atoms with Crippen LogP contribution < -0.4 is 9.47 Å². The molecule has 2 aromatic rings. The molecule has 2 fully saturated rings. The average molecular weight is 465 g/mol. The van der Waals surface area contributed by atoms with Crippen LogP contribution in [0.15, 0.2) is 47.4 Å². The highest BCUT2D eigenvalue weighted by atomic mass is 35.5. The fourth-order valence-corrected chi connectivity index (χ4v) is 5.80. The first-order valence-electron chi connectivity index (χ1n) is 10.1. The number of nitrogens with zero attached hydrogens (tertiary/aromatic N) is 2. The van der Waals surface area contributed by atoms with E-state index in [-0.39, 0.29) is 29.6 Å². The van der Waals surface area contributed by atoms with E-state index in [9.17, 15) is 13.2 Å². The van der Waals surface area contributed by atoms with Crippen molar-refractivity contribution < 1.29 is 22.7 Å². The maximum atomic E-state index is 13.3. The van der Waals surface area contributed by atoms with Gasteiger partial charge < -0.3 is 14.4 Å². The number of amides is 1. The summed E-state index contributed by atoms with van der Waals surface area (Å²) in [6.07, 6.45) is 1.60. The van der Waals surface area contributed by atoms with Crippen molar-refractivity contribution >= 4 is 27.5 Å². The minimum Gasteiger partial charge on any atom is -0.497 e. The van der Waals surface area contributed by atoms with E-state index in [1.165, 1.54) is 24.6 Å². The summed E-state index contributed by atoms with van der Waals surface area (Å²) in [4.78, 5) is 15.1. The Bertz CT molecular complexity index is 1080. The Balaban J connectivity index is 1.49. The predicted octanol–water partition coefficient (Wildman–Crippen LogP) is 2.92. The van der Waals surface area contributed by atoms with E-state index in [2.05, 4.69) is 0 Å². The number of piperazine rings is 1. The zero-order valence-corrected chi connectivity index (χ0v) is 19.1. The van der Waals surface area contributed by atoms with Gasteiger partial charge in [0.15, 0.2) is 0 Å². The van der Waals surface area contributed by atoms with Gasteiger partial charge in [0.2, 0.25) is 15.9 Å². The molecular formula is C22H25ClN2O5S. The Kier molecular flexibility index (Phi) is 5.89. The van der Waals surface area contributed by atoms with Crippen LogP contribution >= 0.6 is 11.6 Å². The van der Waals surface area contributed by atoms with Gasteiger partial charge in [-0.2, -0.15) is 4.31 Å². The molecule has 1 aliphatic carbocycles. The van der Waals surface area contributed by atoms with E-state index >= 15 is 0 Å². The lowest BCUT2D eigenvalue weighted by Gasteiger charge is -2.36. The summed E-state index contributed by atoms with van der Waals surface area (Å²) in [6, 6.07) is 12.1. The third-order valence-corrected chi connectivity index (χ3v) is 8.24. The lowest BCUT2D eigenvalue weighted by molar-refractivity contribution is -0.135. The second-order valence-electron chi connectivity index (χ2n) is 7.80. The molecule has 31 heavy (non-hydrogen) atoms. The van der Waals surface area contributed by atoms with Crippen molar-refractivity contribution in [3.8, 4) is 11.5 Å². The Morgan fingerprint density at radius 2 is 1.61 bits per heavy atom. The van der Waals surface area contributed by atoms with Gasteiger partial charge in [0, 0.05) is 37.3 Å². The molecule has 1 heterocycles. The van der Waals surface area contributed by atoms with Crippen molar-refractivity contribution in [2.45, 2.75) is 23.2 Å². The number of carbonyl (C=O) groups excluding carboxylic acids is 1. The van der Waals surface area contributed by atoms with Gasteiger partial charge in [0.05, 0.1) is 19.6 Å². The standard InChI is InChI=1S/C22H25ClN2O5S/c1-29-18-7-8-19(30-2)20(15-18)31(27,28)25-13-11-24(12-14-25)21(26)22(9-10-22)16-3-5-17(23)6-4-16/h3-8,15H,9-14H2,1-2H3. The molecule has 0 N–H and O–H groups in total. The van der Waals surface area contributed by atoms with Crippen LogP contribution in [-0.2, 0) is 20.2 Å². The first kappa shape index (κ1) is 21.9. The summed E-state index contributed by atoms with van der Waals surface area (Å²) in [7, 11) is -0.871. The van der Waals surface area contributed by atoms with Crippen molar-refractivity contribution in [3.63, 3.8) is 0 Å². The quantitative estimate of drug-likeness (QED) is 0.657. The number of hydrogen-bond acceptors (Lipinski definition) is 5. The van der Waals surface area contributed by atoms with Crippen LogP contribution in [0.25, 0.3) is 0 Å². The molecule has 1 amide bonds. The number of methoxy groups -OCH3 is 2. The maximum Gasteiger partial charge on any atom is 0.247 e. The number of hydrogen-bond donors (Lipinski definition) is 0. The largest absolute Gasteiger partial charge is 0.497 e.